The van der Waals surface area contributed by atoms with Crippen molar-refractivity contribution in [2.75, 3.05) is 51.6 Å². The summed E-state index contributed by atoms with van der Waals surface area (Å²) in [7, 11) is -3.01. The molecule has 0 radical (unpaired) electrons. The van der Waals surface area contributed by atoms with Crippen LogP contribution in [0.5, 0.6) is 0 Å². The van der Waals surface area contributed by atoms with E-state index in [1.807, 2.05) is 6.92 Å². The Kier molecular flexibility index (Phi) is 7.10. The highest BCUT2D eigenvalue weighted by Gasteiger charge is 2.27. The Morgan fingerprint density at radius 2 is 2.04 bits per heavy atom. The SMILES string of the molecule is CCNC(=NCC1CCCN1CC)NCCN1CCCS1(=O)=O. The monoisotopic (exact) mass is 345 g/mol. The third-order valence-corrected chi connectivity index (χ3v) is 6.52. The highest BCUT2D eigenvalue weighted by molar-refractivity contribution is 7.89. The number of nitrogens with zero attached hydrogens (tertiary/aromatic N) is 3. The van der Waals surface area contributed by atoms with E-state index < -0.39 is 10.0 Å². The minimum atomic E-state index is -3.01. The van der Waals surface area contributed by atoms with Gasteiger partial charge >= 0.3 is 0 Å². The van der Waals surface area contributed by atoms with Gasteiger partial charge in [0.1, 0.15) is 0 Å². The summed E-state index contributed by atoms with van der Waals surface area (Å²) in [5.74, 6) is 1.07. The molecule has 2 N–H and O–H groups in total. The van der Waals surface area contributed by atoms with Crippen LogP contribution in [0, 0.1) is 0 Å². The summed E-state index contributed by atoms with van der Waals surface area (Å²) in [5, 5.41) is 6.49. The van der Waals surface area contributed by atoms with Crippen molar-refractivity contribution in [3.63, 3.8) is 0 Å². The molecule has 0 aromatic carbocycles. The summed E-state index contributed by atoms with van der Waals surface area (Å²) in [4.78, 5) is 7.16. The van der Waals surface area contributed by atoms with Gasteiger partial charge in [0.2, 0.25) is 10.0 Å². The van der Waals surface area contributed by atoms with E-state index in [1.165, 1.54) is 19.4 Å². The third kappa shape index (κ3) is 5.32. The molecule has 2 heterocycles. The van der Waals surface area contributed by atoms with E-state index in [0.717, 1.165) is 32.0 Å². The molecule has 1 atom stereocenters. The Balaban J connectivity index is 1.80. The maximum Gasteiger partial charge on any atom is 0.214 e. The molecular weight excluding hydrogens is 314 g/mol. The molecule has 7 nitrogen and oxygen atoms in total. The maximum absolute atomic E-state index is 11.8. The first-order valence-electron chi connectivity index (χ1n) is 8.81. The van der Waals surface area contributed by atoms with Gasteiger partial charge in [-0.2, -0.15) is 0 Å². The van der Waals surface area contributed by atoms with Crippen LogP contribution < -0.4 is 10.6 Å². The summed E-state index contributed by atoms with van der Waals surface area (Å²) < 4.78 is 25.1. The van der Waals surface area contributed by atoms with E-state index in [0.29, 0.717) is 25.7 Å². The maximum atomic E-state index is 11.8. The van der Waals surface area contributed by atoms with Gasteiger partial charge in [0.15, 0.2) is 5.96 Å². The Labute approximate surface area is 140 Å². The number of nitrogens with one attached hydrogen (secondary N) is 2. The second kappa shape index (κ2) is 8.84. The summed E-state index contributed by atoms with van der Waals surface area (Å²) >= 11 is 0. The minimum absolute atomic E-state index is 0.287. The molecule has 2 saturated heterocycles. The number of hydrogen-bond donors (Lipinski definition) is 2. The zero-order valence-corrected chi connectivity index (χ0v) is 15.2. The second-order valence-corrected chi connectivity index (χ2v) is 8.23. The summed E-state index contributed by atoms with van der Waals surface area (Å²) in [6.45, 7) is 9.83. The molecule has 0 aromatic heterocycles. The highest BCUT2D eigenvalue weighted by atomic mass is 32.2. The normalized spacial score (nSPS) is 25.8. The fourth-order valence-corrected chi connectivity index (χ4v) is 4.83. The van der Waals surface area contributed by atoms with Gasteiger partial charge in [0.05, 0.1) is 12.3 Å². The van der Waals surface area contributed by atoms with Crippen molar-refractivity contribution in [2.24, 2.45) is 4.99 Å². The molecule has 8 heteroatoms. The van der Waals surface area contributed by atoms with E-state index in [-0.39, 0.29) is 5.75 Å². The Bertz CT molecular complexity index is 494. The van der Waals surface area contributed by atoms with Crippen molar-refractivity contribution in [3.05, 3.63) is 0 Å². The number of aliphatic imine (C=N–C) groups is 1. The number of guanidine groups is 1. The van der Waals surface area contributed by atoms with Crippen LogP contribution in [0.15, 0.2) is 4.99 Å². The Morgan fingerprint density at radius 3 is 2.70 bits per heavy atom. The fraction of sp³-hybridized carbons (Fsp3) is 0.933. The topological polar surface area (TPSA) is 77.0 Å². The molecule has 0 aromatic rings. The van der Waals surface area contributed by atoms with Gasteiger partial charge in [-0.3, -0.25) is 9.89 Å². The van der Waals surface area contributed by atoms with E-state index >= 15 is 0 Å². The lowest BCUT2D eigenvalue weighted by atomic mass is 10.2. The molecule has 1 unspecified atom stereocenters. The fourth-order valence-electron chi connectivity index (χ4n) is 3.30. The lowest BCUT2D eigenvalue weighted by molar-refractivity contribution is 0.273. The average Bonchev–Trinajstić information content (AvgIpc) is 3.10. The molecule has 2 rings (SSSR count). The van der Waals surface area contributed by atoms with Gasteiger partial charge in [-0.1, -0.05) is 6.92 Å². The molecule has 0 bridgehead atoms. The molecule has 0 spiro atoms. The predicted molar refractivity (Wildman–Crippen MR) is 94.2 cm³/mol. The van der Waals surface area contributed by atoms with Crippen LogP contribution in [0.4, 0.5) is 0 Å². The van der Waals surface area contributed by atoms with Crippen LogP contribution in [0.1, 0.15) is 33.1 Å². The number of likely N-dealkylation sites (tertiary alicyclic amines) is 1. The quantitative estimate of drug-likeness (QED) is 0.504. The first kappa shape index (κ1) is 18.5. The van der Waals surface area contributed by atoms with Gasteiger partial charge in [-0.05, 0) is 39.3 Å². The second-order valence-electron chi connectivity index (χ2n) is 6.14. The van der Waals surface area contributed by atoms with Crippen molar-refractivity contribution in [2.45, 2.75) is 39.2 Å². The summed E-state index contributed by atoms with van der Waals surface area (Å²) in [6, 6.07) is 0.536. The van der Waals surface area contributed by atoms with Crippen molar-refractivity contribution in [1.82, 2.24) is 19.8 Å². The third-order valence-electron chi connectivity index (χ3n) is 4.57. The molecule has 0 saturated carbocycles. The molecule has 2 aliphatic rings. The number of hydrogen-bond acceptors (Lipinski definition) is 4. The summed E-state index contributed by atoms with van der Waals surface area (Å²) in [5.41, 5.74) is 0. The standard InChI is InChI=1S/C15H31N5O2S/c1-3-16-15(18-13-14-7-5-9-19(14)4-2)17-8-11-20-10-6-12-23(20,21)22/h14H,3-13H2,1-2H3,(H2,16,17,18). The van der Waals surface area contributed by atoms with E-state index in [2.05, 4.69) is 27.4 Å². The first-order chi connectivity index (χ1) is 11.1. The molecule has 134 valence electrons. The van der Waals surface area contributed by atoms with Crippen LogP contribution in [0.3, 0.4) is 0 Å². The number of likely N-dealkylation sites (N-methyl/N-ethyl adjacent to an activating group) is 1. The minimum Gasteiger partial charge on any atom is -0.357 e. The first-order valence-corrected chi connectivity index (χ1v) is 10.4. The smallest absolute Gasteiger partial charge is 0.214 e. The zero-order valence-electron chi connectivity index (χ0n) is 14.4. The number of rotatable bonds is 7. The van der Waals surface area contributed by atoms with Gasteiger partial charge in [-0.25, -0.2) is 12.7 Å². The van der Waals surface area contributed by atoms with Crippen molar-refractivity contribution in [3.8, 4) is 0 Å². The van der Waals surface area contributed by atoms with E-state index in [1.54, 1.807) is 4.31 Å². The van der Waals surface area contributed by atoms with Crippen molar-refractivity contribution >= 4 is 16.0 Å². The predicted octanol–water partition coefficient (Wildman–Crippen LogP) is 0.0613. The summed E-state index contributed by atoms with van der Waals surface area (Å²) in [6.07, 6.45) is 3.21. The van der Waals surface area contributed by atoms with E-state index in [4.69, 9.17) is 0 Å². The van der Waals surface area contributed by atoms with Crippen LogP contribution >= 0.6 is 0 Å². The zero-order chi connectivity index (χ0) is 16.7. The van der Waals surface area contributed by atoms with E-state index in [9.17, 15) is 8.42 Å². The average molecular weight is 346 g/mol. The van der Waals surface area contributed by atoms with Gasteiger partial charge in [0.25, 0.3) is 0 Å². The Morgan fingerprint density at radius 1 is 1.22 bits per heavy atom. The van der Waals surface area contributed by atoms with Gasteiger partial charge in [-0.15, -0.1) is 0 Å². The highest BCUT2D eigenvalue weighted by Crippen LogP contribution is 2.16. The lowest BCUT2D eigenvalue weighted by Gasteiger charge is -2.22. The van der Waals surface area contributed by atoms with Gasteiger partial charge in [0, 0.05) is 32.2 Å². The van der Waals surface area contributed by atoms with Crippen LogP contribution in [0.25, 0.3) is 0 Å². The molecule has 23 heavy (non-hydrogen) atoms. The molecule has 2 aliphatic heterocycles. The molecular formula is C15H31N5O2S. The molecule has 2 fully saturated rings. The van der Waals surface area contributed by atoms with Crippen LogP contribution in [-0.4, -0.2) is 81.2 Å². The molecule has 0 amide bonds. The van der Waals surface area contributed by atoms with Crippen molar-refractivity contribution < 1.29 is 8.42 Å². The van der Waals surface area contributed by atoms with Crippen molar-refractivity contribution in [1.29, 1.82) is 0 Å². The number of sulfonamides is 1. The van der Waals surface area contributed by atoms with Gasteiger partial charge < -0.3 is 10.6 Å². The van der Waals surface area contributed by atoms with Crippen LogP contribution in [0.2, 0.25) is 0 Å². The van der Waals surface area contributed by atoms with Crippen LogP contribution in [-0.2, 0) is 10.0 Å². The Hall–Kier alpha value is -0.860. The largest absolute Gasteiger partial charge is 0.357 e. The lowest BCUT2D eigenvalue weighted by Crippen LogP contribution is -2.42. The molecule has 0 aliphatic carbocycles.